The van der Waals surface area contributed by atoms with Crippen LogP contribution in [0.3, 0.4) is 0 Å². The first-order valence-electron chi connectivity index (χ1n) is 13.0. The molecule has 0 aromatic heterocycles. The molecule has 0 radical (unpaired) electrons. The second-order valence-electron chi connectivity index (χ2n) is 11.9. The standard InChI is InChI=1S/C30H33NO5/c1-17-10-11-22-28(2,3)23(32)12-13-30(22)29(17,4)15-20-21(35-16-18-8-6-5-7-9-18)14-19-24(25(20)36-30)27(34)31-26(19)33/h5-9,14,17,22H,10-13,15-16H2,1-4H3,(H,31,33,34)/t17-,22-,29+,30-/m0/s1. The zero-order valence-electron chi connectivity index (χ0n) is 21.4. The molecule has 0 saturated heterocycles. The third-order valence-electron chi connectivity index (χ3n) is 9.93. The molecule has 0 unspecified atom stereocenters. The van der Waals surface area contributed by atoms with E-state index in [1.165, 1.54) is 0 Å². The highest BCUT2D eigenvalue weighted by Crippen LogP contribution is 2.66. The van der Waals surface area contributed by atoms with Crippen LogP contribution >= 0.6 is 0 Å². The van der Waals surface area contributed by atoms with E-state index in [0.717, 1.165) is 24.0 Å². The van der Waals surface area contributed by atoms with Crippen LogP contribution in [0.5, 0.6) is 11.5 Å². The van der Waals surface area contributed by atoms with Crippen molar-refractivity contribution < 1.29 is 23.9 Å². The fraction of sp³-hybridized carbons (Fsp3) is 0.500. The molecule has 4 atom stereocenters. The molecule has 2 aromatic carbocycles. The number of hydrogen-bond donors (Lipinski definition) is 1. The first-order valence-corrected chi connectivity index (χ1v) is 13.0. The van der Waals surface area contributed by atoms with Crippen molar-refractivity contribution in [2.75, 3.05) is 0 Å². The quantitative estimate of drug-likeness (QED) is 0.597. The van der Waals surface area contributed by atoms with Crippen molar-refractivity contribution in [3.05, 3.63) is 58.7 Å². The lowest BCUT2D eigenvalue weighted by Gasteiger charge is -2.65. The van der Waals surface area contributed by atoms with E-state index >= 15 is 0 Å². The fourth-order valence-corrected chi connectivity index (χ4v) is 7.57. The molecule has 4 aliphatic rings. The van der Waals surface area contributed by atoms with Gasteiger partial charge in [0.25, 0.3) is 11.8 Å². The molecular formula is C30H33NO5. The number of benzene rings is 2. The molecule has 2 amide bonds. The van der Waals surface area contributed by atoms with Gasteiger partial charge in [-0.15, -0.1) is 0 Å². The van der Waals surface area contributed by atoms with Gasteiger partial charge in [0.2, 0.25) is 0 Å². The Morgan fingerprint density at radius 3 is 2.56 bits per heavy atom. The van der Waals surface area contributed by atoms with Crippen LogP contribution in [-0.4, -0.2) is 23.2 Å². The van der Waals surface area contributed by atoms with Gasteiger partial charge in [-0.05, 0) is 43.2 Å². The minimum absolute atomic E-state index is 0.0327. The van der Waals surface area contributed by atoms with Gasteiger partial charge in [-0.1, -0.05) is 58.0 Å². The zero-order chi connectivity index (χ0) is 25.5. The van der Waals surface area contributed by atoms with Gasteiger partial charge in [0.1, 0.15) is 29.5 Å². The topological polar surface area (TPSA) is 81.7 Å². The van der Waals surface area contributed by atoms with Crippen molar-refractivity contribution in [3.8, 4) is 11.5 Å². The summed E-state index contributed by atoms with van der Waals surface area (Å²) in [5, 5.41) is 2.45. The highest BCUT2D eigenvalue weighted by Gasteiger charge is 2.68. The van der Waals surface area contributed by atoms with Gasteiger partial charge in [0.05, 0.1) is 11.1 Å². The Kier molecular flexibility index (Phi) is 4.96. The van der Waals surface area contributed by atoms with Gasteiger partial charge in [0.15, 0.2) is 0 Å². The van der Waals surface area contributed by atoms with Crippen molar-refractivity contribution in [3.63, 3.8) is 0 Å². The van der Waals surface area contributed by atoms with Gasteiger partial charge in [-0.25, -0.2) is 0 Å². The van der Waals surface area contributed by atoms with Crippen LogP contribution in [0.15, 0.2) is 36.4 Å². The number of fused-ring (bicyclic) bond motifs is 3. The van der Waals surface area contributed by atoms with Crippen LogP contribution in [0.4, 0.5) is 0 Å². The van der Waals surface area contributed by atoms with E-state index in [1.54, 1.807) is 6.07 Å². The van der Waals surface area contributed by atoms with Crippen molar-refractivity contribution in [1.82, 2.24) is 5.32 Å². The molecule has 188 valence electrons. The largest absolute Gasteiger partial charge is 0.488 e. The molecular weight excluding hydrogens is 454 g/mol. The van der Waals surface area contributed by atoms with Gasteiger partial charge < -0.3 is 9.47 Å². The van der Waals surface area contributed by atoms with Gasteiger partial charge in [0, 0.05) is 28.7 Å². The lowest BCUT2D eigenvalue weighted by atomic mass is 9.44. The maximum Gasteiger partial charge on any atom is 0.262 e. The molecule has 2 fully saturated rings. The van der Waals surface area contributed by atoms with Crippen LogP contribution in [0.2, 0.25) is 0 Å². The van der Waals surface area contributed by atoms with Crippen molar-refractivity contribution >= 4 is 17.6 Å². The number of hydrogen-bond acceptors (Lipinski definition) is 5. The van der Waals surface area contributed by atoms with E-state index in [0.29, 0.717) is 54.4 Å². The molecule has 6 nitrogen and oxygen atoms in total. The number of carbonyl (C=O) groups is 3. The molecule has 6 heteroatoms. The Balaban J connectivity index is 1.53. The molecule has 1 N–H and O–H groups in total. The molecule has 2 aromatic rings. The lowest BCUT2D eigenvalue weighted by Crippen LogP contribution is -2.69. The molecule has 36 heavy (non-hydrogen) atoms. The van der Waals surface area contributed by atoms with Gasteiger partial charge in [-0.3, -0.25) is 19.7 Å². The Labute approximate surface area is 211 Å². The maximum atomic E-state index is 13.0. The normalized spacial score (nSPS) is 31.9. The second kappa shape index (κ2) is 7.67. The van der Waals surface area contributed by atoms with Gasteiger partial charge >= 0.3 is 0 Å². The monoisotopic (exact) mass is 487 g/mol. The molecule has 0 bridgehead atoms. The third kappa shape index (κ3) is 2.99. The first kappa shape index (κ1) is 23.3. The average Bonchev–Trinajstić information content (AvgIpc) is 3.13. The van der Waals surface area contributed by atoms with Crippen LogP contribution < -0.4 is 14.8 Å². The summed E-state index contributed by atoms with van der Waals surface area (Å²) in [5.41, 5.74) is 1.12. The number of amides is 2. The lowest BCUT2D eigenvalue weighted by molar-refractivity contribution is -0.208. The number of imide groups is 1. The van der Waals surface area contributed by atoms with E-state index in [2.05, 4.69) is 33.0 Å². The van der Waals surface area contributed by atoms with Crippen LogP contribution in [0.1, 0.15) is 85.2 Å². The summed E-state index contributed by atoms with van der Waals surface area (Å²) in [6.07, 6.45) is 3.67. The van der Waals surface area contributed by atoms with Crippen molar-refractivity contribution in [2.45, 2.75) is 72.0 Å². The number of ketones is 1. The summed E-state index contributed by atoms with van der Waals surface area (Å²) in [4.78, 5) is 38.7. The molecule has 2 heterocycles. The SMILES string of the molecule is C[C@H]1CC[C@H]2C(C)(C)C(=O)CC[C@]23Oc2c(c(OCc4ccccc4)cc4c2C(=O)NC4=O)C[C@]13C. The molecule has 1 spiro atoms. The number of Topliss-reactive ketones (excluding diaryl/α,β-unsaturated/α-hetero) is 1. The van der Waals surface area contributed by atoms with E-state index in [1.807, 2.05) is 30.3 Å². The summed E-state index contributed by atoms with van der Waals surface area (Å²) >= 11 is 0. The predicted octanol–water partition coefficient (Wildman–Crippen LogP) is 5.26. The minimum atomic E-state index is -0.590. The molecule has 2 aliphatic carbocycles. The Morgan fingerprint density at radius 2 is 1.81 bits per heavy atom. The molecule has 2 aliphatic heterocycles. The highest BCUT2D eigenvalue weighted by molar-refractivity contribution is 6.23. The Hall–Kier alpha value is -3.15. The number of carbonyl (C=O) groups excluding carboxylic acids is 3. The summed E-state index contributed by atoms with van der Waals surface area (Å²) in [6, 6.07) is 11.6. The number of ether oxygens (including phenoxy) is 2. The van der Waals surface area contributed by atoms with E-state index in [9.17, 15) is 14.4 Å². The third-order valence-corrected chi connectivity index (χ3v) is 9.93. The van der Waals surface area contributed by atoms with Crippen LogP contribution in [0, 0.1) is 22.7 Å². The smallest absolute Gasteiger partial charge is 0.262 e. The second-order valence-corrected chi connectivity index (χ2v) is 11.9. The maximum absolute atomic E-state index is 13.0. The average molecular weight is 488 g/mol. The summed E-state index contributed by atoms with van der Waals surface area (Å²) in [5.74, 6) is 0.885. The van der Waals surface area contributed by atoms with E-state index < -0.39 is 22.8 Å². The summed E-state index contributed by atoms with van der Waals surface area (Å²) < 4.78 is 13.4. The molecule has 6 rings (SSSR count). The Morgan fingerprint density at radius 1 is 1.06 bits per heavy atom. The predicted molar refractivity (Wildman–Crippen MR) is 134 cm³/mol. The summed E-state index contributed by atoms with van der Waals surface area (Å²) in [6.45, 7) is 9.03. The first-order chi connectivity index (χ1) is 17.1. The molecule has 2 saturated carbocycles. The highest BCUT2D eigenvalue weighted by atomic mass is 16.5. The number of rotatable bonds is 3. The summed E-state index contributed by atoms with van der Waals surface area (Å²) in [7, 11) is 0. The van der Waals surface area contributed by atoms with Gasteiger partial charge in [-0.2, -0.15) is 0 Å². The zero-order valence-corrected chi connectivity index (χ0v) is 21.4. The minimum Gasteiger partial charge on any atom is -0.488 e. The van der Waals surface area contributed by atoms with Crippen LogP contribution in [-0.2, 0) is 17.8 Å². The van der Waals surface area contributed by atoms with Crippen molar-refractivity contribution in [2.24, 2.45) is 22.7 Å². The fourth-order valence-electron chi connectivity index (χ4n) is 7.57. The van der Waals surface area contributed by atoms with E-state index in [-0.39, 0.29) is 17.1 Å². The van der Waals surface area contributed by atoms with Crippen LogP contribution in [0.25, 0.3) is 0 Å². The van der Waals surface area contributed by atoms with Crippen molar-refractivity contribution in [1.29, 1.82) is 0 Å². The number of nitrogens with one attached hydrogen (secondary N) is 1. The Bertz CT molecular complexity index is 1300. The van der Waals surface area contributed by atoms with E-state index in [4.69, 9.17) is 9.47 Å².